The minimum atomic E-state index is -0.486. The summed E-state index contributed by atoms with van der Waals surface area (Å²) >= 11 is 0. The molecule has 0 radical (unpaired) electrons. The van der Waals surface area contributed by atoms with Crippen molar-refractivity contribution in [2.75, 3.05) is 19.0 Å². The molecule has 1 rings (SSSR count). The molecule has 5 heteroatoms. The van der Waals surface area contributed by atoms with Crippen LogP contribution in [-0.2, 0) is 0 Å². The highest BCUT2D eigenvalue weighted by molar-refractivity contribution is 5.24. The van der Waals surface area contributed by atoms with Gasteiger partial charge in [-0.25, -0.2) is 0 Å². The van der Waals surface area contributed by atoms with Crippen molar-refractivity contribution in [2.45, 2.75) is 32.8 Å². The van der Waals surface area contributed by atoms with E-state index in [4.69, 9.17) is 4.52 Å². The Hall–Kier alpha value is -1.10. The molecule has 2 atom stereocenters. The zero-order valence-electron chi connectivity index (χ0n) is 9.93. The molecule has 0 spiro atoms. The number of rotatable bonds is 4. The molecule has 0 amide bonds. The van der Waals surface area contributed by atoms with Gasteiger partial charge in [0.05, 0.1) is 12.0 Å². The number of hydrogen-bond acceptors (Lipinski definition) is 5. The molecule has 86 valence electrons. The predicted octanol–water partition coefficient (Wildman–Crippen LogP) is 1.26. The predicted molar refractivity (Wildman–Crippen MR) is 57.9 cm³/mol. The molecule has 1 N–H and O–H groups in total. The number of nitrogens with zero attached hydrogens (tertiary/aromatic N) is 3. The van der Waals surface area contributed by atoms with Crippen LogP contribution in [0.5, 0.6) is 0 Å². The molecule has 0 aliphatic heterocycles. The second kappa shape index (κ2) is 4.61. The summed E-state index contributed by atoms with van der Waals surface area (Å²) < 4.78 is 5.15. The summed E-state index contributed by atoms with van der Waals surface area (Å²) in [5, 5.41) is 13.5. The average molecular weight is 213 g/mol. The van der Waals surface area contributed by atoms with Crippen LogP contribution >= 0.6 is 0 Å². The van der Waals surface area contributed by atoms with Crippen LogP contribution in [0, 0.1) is 5.92 Å². The van der Waals surface area contributed by atoms with Crippen molar-refractivity contribution in [3.8, 4) is 0 Å². The van der Waals surface area contributed by atoms with Gasteiger partial charge in [-0.1, -0.05) is 13.8 Å². The lowest BCUT2D eigenvalue weighted by atomic mass is 9.91. The third kappa shape index (κ3) is 2.68. The van der Waals surface area contributed by atoms with E-state index in [1.807, 2.05) is 27.9 Å². The maximum Gasteiger partial charge on any atom is 0.265 e. The molecule has 0 saturated carbocycles. The molecular formula is C10H19N3O2. The van der Waals surface area contributed by atoms with Gasteiger partial charge in [0, 0.05) is 14.1 Å². The van der Waals surface area contributed by atoms with Crippen LogP contribution in [0.3, 0.4) is 0 Å². The maximum atomic E-state index is 9.64. The molecule has 2 unspecified atom stereocenters. The topological polar surface area (TPSA) is 62.4 Å². The summed E-state index contributed by atoms with van der Waals surface area (Å²) in [7, 11) is 3.70. The van der Waals surface area contributed by atoms with E-state index in [1.165, 1.54) is 0 Å². The van der Waals surface area contributed by atoms with Crippen molar-refractivity contribution in [1.29, 1.82) is 0 Å². The molecule has 0 aliphatic carbocycles. The Morgan fingerprint density at radius 2 is 1.87 bits per heavy atom. The standard InChI is InChI=1S/C10H19N3O2/c1-6(2)8(7(3)14)9-11-10(12-15-9)13(4)5/h6-8,14H,1-5H3. The SMILES string of the molecule is CC(C)C(c1nc(N(C)C)no1)C(C)O. The zero-order valence-corrected chi connectivity index (χ0v) is 9.93. The number of aromatic nitrogens is 2. The minimum Gasteiger partial charge on any atom is -0.393 e. The molecule has 5 nitrogen and oxygen atoms in total. The molecular weight excluding hydrogens is 194 g/mol. The number of aliphatic hydroxyl groups excluding tert-OH is 1. The van der Waals surface area contributed by atoms with Gasteiger partial charge in [-0.2, -0.15) is 4.98 Å². The van der Waals surface area contributed by atoms with Gasteiger partial charge in [0.15, 0.2) is 0 Å². The lowest BCUT2D eigenvalue weighted by Gasteiger charge is -2.19. The first-order chi connectivity index (χ1) is 6.93. The molecule has 1 aromatic heterocycles. The summed E-state index contributed by atoms with van der Waals surface area (Å²) in [6.07, 6.45) is -0.486. The Labute approximate surface area is 90.1 Å². The number of hydrogen-bond donors (Lipinski definition) is 1. The van der Waals surface area contributed by atoms with Gasteiger partial charge in [-0.15, -0.1) is 0 Å². The van der Waals surface area contributed by atoms with Gasteiger partial charge in [0.25, 0.3) is 5.95 Å². The first kappa shape index (κ1) is 12.0. The van der Waals surface area contributed by atoms with Gasteiger partial charge in [0.2, 0.25) is 5.89 Å². The Morgan fingerprint density at radius 3 is 2.20 bits per heavy atom. The van der Waals surface area contributed by atoms with Crippen molar-refractivity contribution in [2.24, 2.45) is 5.92 Å². The number of anilines is 1. The highest BCUT2D eigenvalue weighted by Crippen LogP contribution is 2.27. The zero-order chi connectivity index (χ0) is 11.6. The summed E-state index contributed by atoms with van der Waals surface area (Å²) in [6, 6.07) is 0. The van der Waals surface area contributed by atoms with E-state index in [-0.39, 0.29) is 11.8 Å². The first-order valence-electron chi connectivity index (χ1n) is 5.12. The largest absolute Gasteiger partial charge is 0.393 e. The van der Waals surface area contributed by atoms with Gasteiger partial charge < -0.3 is 14.5 Å². The van der Waals surface area contributed by atoms with Crippen LogP contribution in [0.25, 0.3) is 0 Å². The van der Waals surface area contributed by atoms with Crippen molar-refractivity contribution < 1.29 is 9.63 Å². The van der Waals surface area contributed by atoms with Crippen molar-refractivity contribution in [3.63, 3.8) is 0 Å². The van der Waals surface area contributed by atoms with Crippen LogP contribution in [-0.4, -0.2) is 35.4 Å². The molecule has 0 saturated heterocycles. The number of aliphatic hydroxyl groups is 1. The fourth-order valence-electron chi connectivity index (χ4n) is 1.59. The maximum absolute atomic E-state index is 9.64. The molecule has 0 fully saturated rings. The third-order valence-electron chi connectivity index (χ3n) is 2.35. The summed E-state index contributed by atoms with van der Waals surface area (Å²) in [5.41, 5.74) is 0. The highest BCUT2D eigenvalue weighted by atomic mass is 16.5. The quantitative estimate of drug-likeness (QED) is 0.815. The van der Waals surface area contributed by atoms with E-state index >= 15 is 0 Å². The van der Waals surface area contributed by atoms with Gasteiger partial charge >= 0.3 is 0 Å². The summed E-state index contributed by atoms with van der Waals surface area (Å²) in [6.45, 7) is 5.79. The molecule has 15 heavy (non-hydrogen) atoms. The normalized spacial score (nSPS) is 15.4. The van der Waals surface area contributed by atoms with Crippen LogP contribution in [0.15, 0.2) is 4.52 Å². The molecule has 0 bridgehead atoms. The summed E-state index contributed by atoms with van der Waals surface area (Å²) in [4.78, 5) is 6.01. The third-order valence-corrected chi connectivity index (χ3v) is 2.35. The molecule has 0 aliphatic rings. The Bertz CT molecular complexity index is 299. The first-order valence-corrected chi connectivity index (χ1v) is 5.12. The highest BCUT2D eigenvalue weighted by Gasteiger charge is 2.27. The summed E-state index contributed by atoms with van der Waals surface area (Å²) in [5.74, 6) is 1.20. The van der Waals surface area contributed by atoms with Gasteiger partial charge in [0.1, 0.15) is 0 Å². The smallest absolute Gasteiger partial charge is 0.265 e. The fraction of sp³-hybridized carbons (Fsp3) is 0.800. The van der Waals surface area contributed by atoms with E-state index < -0.39 is 6.10 Å². The Balaban J connectivity index is 2.92. The van der Waals surface area contributed by atoms with Crippen LogP contribution in [0.1, 0.15) is 32.6 Å². The van der Waals surface area contributed by atoms with E-state index in [1.54, 1.807) is 11.8 Å². The average Bonchev–Trinajstić information content (AvgIpc) is 2.51. The second-order valence-electron chi connectivity index (χ2n) is 4.34. The van der Waals surface area contributed by atoms with Gasteiger partial charge in [-0.05, 0) is 18.0 Å². The monoisotopic (exact) mass is 213 g/mol. The molecule has 0 aromatic carbocycles. The molecule has 1 aromatic rings. The second-order valence-corrected chi connectivity index (χ2v) is 4.34. The van der Waals surface area contributed by atoms with E-state index in [2.05, 4.69) is 10.1 Å². The fourth-order valence-corrected chi connectivity index (χ4v) is 1.59. The lowest BCUT2D eigenvalue weighted by Crippen LogP contribution is -2.20. The van der Waals surface area contributed by atoms with Crippen molar-refractivity contribution in [3.05, 3.63) is 5.89 Å². The van der Waals surface area contributed by atoms with Crippen molar-refractivity contribution >= 4 is 5.95 Å². The Morgan fingerprint density at radius 1 is 1.27 bits per heavy atom. The lowest BCUT2D eigenvalue weighted by molar-refractivity contribution is 0.120. The van der Waals surface area contributed by atoms with Crippen LogP contribution < -0.4 is 4.90 Å². The van der Waals surface area contributed by atoms with Crippen LogP contribution in [0.4, 0.5) is 5.95 Å². The van der Waals surface area contributed by atoms with Gasteiger partial charge in [-0.3, -0.25) is 0 Å². The van der Waals surface area contributed by atoms with E-state index in [0.29, 0.717) is 11.8 Å². The minimum absolute atomic E-state index is 0.105. The Kier molecular flexibility index (Phi) is 3.68. The van der Waals surface area contributed by atoms with Crippen LogP contribution in [0.2, 0.25) is 0 Å². The molecule has 1 heterocycles. The van der Waals surface area contributed by atoms with E-state index in [9.17, 15) is 5.11 Å². The van der Waals surface area contributed by atoms with Crippen molar-refractivity contribution in [1.82, 2.24) is 10.1 Å². The van der Waals surface area contributed by atoms with E-state index in [0.717, 1.165) is 0 Å².